The lowest BCUT2D eigenvalue weighted by Crippen LogP contribution is -2.29. The molecule has 0 amide bonds. The van der Waals surface area contributed by atoms with Crippen molar-refractivity contribution in [2.45, 2.75) is 39.2 Å². The van der Waals surface area contributed by atoms with Crippen molar-refractivity contribution in [3.8, 4) is 0 Å². The van der Waals surface area contributed by atoms with Gasteiger partial charge in [-0.05, 0) is 18.3 Å². The Kier molecular flexibility index (Phi) is 3.79. The van der Waals surface area contributed by atoms with Crippen LogP contribution in [0.1, 0.15) is 48.1 Å². The van der Waals surface area contributed by atoms with Crippen LogP contribution in [0, 0.1) is 5.41 Å². The fourth-order valence-corrected chi connectivity index (χ4v) is 3.04. The Morgan fingerprint density at radius 1 is 1.59 bits per heavy atom. The molecule has 1 aromatic rings. The van der Waals surface area contributed by atoms with Gasteiger partial charge < -0.3 is 10.4 Å². The molecule has 1 aromatic heterocycles. The molecule has 0 unspecified atom stereocenters. The second-order valence-corrected chi connectivity index (χ2v) is 5.93. The van der Waals surface area contributed by atoms with Crippen LogP contribution in [0.5, 0.6) is 0 Å². The van der Waals surface area contributed by atoms with Gasteiger partial charge in [0.1, 0.15) is 0 Å². The molecule has 0 saturated heterocycles. The molecule has 0 atom stereocenters. The summed E-state index contributed by atoms with van der Waals surface area (Å²) in [5.74, 6) is -0.941. The van der Waals surface area contributed by atoms with E-state index >= 15 is 0 Å². The van der Waals surface area contributed by atoms with Gasteiger partial charge in [0, 0.05) is 18.5 Å². The van der Waals surface area contributed by atoms with Crippen molar-refractivity contribution in [1.82, 2.24) is 10.3 Å². The molecule has 1 aliphatic rings. The topological polar surface area (TPSA) is 62.2 Å². The van der Waals surface area contributed by atoms with Gasteiger partial charge in [-0.25, -0.2) is 9.78 Å². The van der Waals surface area contributed by atoms with Gasteiger partial charge >= 0.3 is 5.97 Å². The van der Waals surface area contributed by atoms with E-state index < -0.39 is 5.97 Å². The second-order valence-electron chi connectivity index (χ2n) is 5.07. The molecule has 1 aliphatic carbocycles. The average Bonchev–Trinajstić information content (AvgIpc) is 2.88. The maximum atomic E-state index is 10.7. The van der Waals surface area contributed by atoms with E-state index in [0.29, 0.717) is 12.0 Å². The minimum atomic E-state index is -0.941. The van der Waals surface area contributed by atoms with Gasteiger partial charge in [0.15, 0.2) is 0 Å². The summed E-state index contributed by atoms with van der Waals surface area (Å²) < 4.78 is 0. The van der Waals surface area contributed by atoms with Crippen molar-refractivity contribution in [3.63, 3.8) is 0 Å². The van der Waals surface area contributed by atoms with Gasteiger partial charge in [-0.3, -0.25) is 0 Å². The first-order valence-electron chi connectivity index (χ1n) is 5.97. The molecule has 17 heavy (non-hydrogen) atoms. The number of aromatic nitrogens is 1. The molecule has 94 valence electrons. The highest BCUT2D eigenvalue weighted by Crippen LogP contribution is 2.36. The number of nitrogens with one attached hydrogen (secondary N) is 1. The van der Waals surface area contributed by atoms with Crippen LogP contribution in [-0.2, 0) is 6.54 Å². The zero-order chi connectivity index (χ0) is 12.3. The van der Waals surface area contributed by atoms with Gasteiger partial charge in [-0.15, -0.1) is 11.3 Å². The standard InChI is InChI=1S/C12H18N2O2S/c1-12(4-2-3-5-12)8-13-6-9-7-17-10(14-9)11(15)16/h7,13H,2-6,8H2,1H3,(H,15,16). The highest BCUT2D eigenvalue weighted by atomic mass is 32.1. The number of carbonyl (C=O) groups is 1. The third-order valence-electron chi connectivity index (χ3n) is 3.40. The lowest BCUT2D eigenvalue weighted by Gasteiger charge is -2.23. The molecule has 0 aromatic carbocycles. The van der Waals surface area contributed by atoms with Crippen LogP contribution in [0.2, 0.25) is 0 Å². The number of nitrogens with zero attached hydrogens (tertiary/aromatic N) is 1. The van der Waals surface area contributed by atoms with Crippen LogP contribution in [-0.4, -0.2) is 22.6 Å². The summed E-state index contributed by atoms with van der Waals surface area (Å²) in [7, 11) is 0. The van der Waals surface area contributed by atoms with Gasteiger partial charge in [0.2, 0.25) is 5.01 Å². The fraction of sp³-hybridized carbons (Fsp3) is 0.667. The first kappa shape index (κ1) is 12.5. The van der Waals surface area contributed by atoms with Crippen LogP contribution < -0.4 is 5.32 Å². The second kappa shape index (κ2) is 5.14. The molecule has 2 N–H and O–H groups in total. The number of rotatable bonds is 5. The number of carboxylic acid groups (broad SMARTS) is 1. The minimum Gasteiger partial charge on any atom is -0.476 e. The van der Waals surface area contributed by atoms with Crippen LogP contribution >= 0.6 is 11.3 Å². The quantitative estimate of drug-likeness (QED) is 0.847. The van der Waals surface area contributed by atoms with Crippen molar-refractivity contribution in [1.29, 1.82) is 0 Å². The van der Waals surface area contributed by atoms with E-state index in [1.807, 2.05) is 5.38 Å². The highest BCUT2D eigenvalue weighted by Gasteiger charge is 2.27. The Morgan fingerprint density at radius 3 is 2.88 bits per heavy atom. The van der Waals surface area contributed by atoms with E-state index in [-0.39, 0.29) is 5.01 Å². The van der Waals surface area contributed by atoms with Crippen LogP contribution in [0.4, 0.5) is 0 Å². The number of carboxylic acids is 1. The van der Waals surface area contributed by atoms with Gasteiger partial charge in [0.05, 0.1) is 5.69 Å². The third-order valence-corrected chi connectivity index (χ3v) is 4.28. The van der Waals surface area contributed by atoms with E-state index in [0.717, 1.165) is 12.2 Å². The number of hydrogen-bond donors (Lipinski definition) is 2. The minimum absolute atomic E-state index is 0.175. The van der Waals surface area contributed by atoms with E-state index in [1.54, 1.807) is 0 Å². The Labute approximate surface area is 105 Å². The van der Waals surface area contributed by atoms with Crippen LogP contribution in [0.25, 0.3) is 0 Å². The largest absolute Gasteiger partial charge is 0.476 e. The van der Waals surface area contributed by atoms with Gasteiger partial charge in [-0.2, -0.15) is 0 Å². The Morgan fingerprint density at radius 2 is 2.29 bits per heavy atom. The van der Waals surface area contributed by atoms with Crippen molar-refractivity contribution in [2.75, 3.05) is 6.54 Å². The summed E-state index contributed by atoms with van der Waals surface area (Å²) >= 11 is 1.19. The monoisotopic (exact) mass is 254 g/mol. The van der Waals surface area contributed by atoms with Crippen LogP contribution in [0.15, 0.2) is 5.38 Å². The SMILES string of the molecule is CC1(CNCc2csc(C(=O)O)n2)CCCC1. The zero-order valence-electron chi connectivity index (χ0n) is 10.0. The Bertz CT molecular complexity index is 397. The normalized spacial score (nSPS) is 18.4. The third kappa shape index (κ3) is 3.26. The summed E-state index contributed by atoms with van der Waals surface area (Å²) in [5.41, 5.74) is 1.25. The molecule has 1 heterocycles. The Balaban J connectivity index is 1.79. The molecule has 5 heteroatoms. The van der Waals surface area contributed by atoms with Crippen molar-refractivity contribution >= 4 is 17.3 Å². The molecule has 4 nitrogen and oxygen atoms in total. The molecule has 0 radical (unpaired) electrons. The van der Waals surface area contributed by atoms with Crippen molar-refractivity contribution in [2.24, 2.45) is 5.41 Å². The highest BCUT2D eigenvalue weighted by molar-refractivity contribution is 7.11. The number of hydrogen-bond acceptors (Lipinski definition) is 4. The molecule has 2 rings (SSSR count). The number of aromatic carboxylic acids is 1. The molecule has 1 saturated carbocycles. The maximum Gasteiger partial charge on any atom is 0.365 e. The lowest BCUT2D eigenvalue weighted by molar-refractivity contribution is 0.0696. The molecule has 0 aliphatic heterocycles. The van der Waals surface area contributed by atoms with Gasteiger partial charge in [0.25, 0.3) is 0 Å². The van der Waals surface area contributed by atoms with Gasteiger partial charge in [-0.1, -0.05) is 19.8 Å². The average molecular weight is 254 g/mol. The van der Waals surface area contributed by atoms with Crippen molar-refractivity contribution in [3.05, 3.63) is 16.1 Å². The predicted molar refractivity (Wildman–Crippen MR) is 67.4 cm³/mol. The Hall–Kier alpha value is -0.940. The molecule has 0 spiro atoms. The first-order valence-corrected chi connectivity index (χ1v) is 6.85. The molecule has 1 fully saturated rings. The predicted octanol–water partition coefficient (Wildman–Crippen LogP) is 2.51. The van der Waals surface area contributed by atoms with E-state index in [1.165, 1.54) is 37.0 Å². The van der Waals surface area contributed by atoms with E-state index in [2.05, 4.69) is 17.2 Å². The van der Waals surface area contributed by atoms with Crippen LogP contribution in [0.3, 0.4) is 0 Å². The summed E-state index contributed by atoms with van der Waals surface area (Å²) in [6, 6.07) is 0. The fourth-order valence-electron chi connectivity index (χ4n) is 2.38. The maximum absolute atomic E-state index is 10.7. The smallest absolute Gasteiger partial charge is 0.365 e. The van der Waals surface area contributed by atoms with E-state index in [4.69, 9.17) is 5.11 Å². The van der Waals surface area contributed by atoms with E-state index in [9.17, 15) is 4.79 Å². The first-order chi connectivity index (χ1) is 8.09. The summed E-state index contributed by atoms with van der Waals surface area (Å²) in [6.07, 6.45) is 5.24. The molecule has 0 bridgehead atoms. The van der Waals surface area contributed by atoms with Crippen molar-refractivity contribution < 1.29 is 9.90 Å². The summed E-state index contributed by atoms with van der Waals surface area (Å²) in [5, 5.41) is 14.1. The molecular weight excluding hydrogens is 236 g/mol. The number of thiazole rings is 1. The summed E-state index contributed by atoms with van der Waals surface area (Å²) in [4.78, 5) is 14.7. The zero-order valence-corrected chi connectivity index (χ0v) is 10.8. The lowest BCUT2D eigenvalue weighted by atomic mass is 9.89. The summed E-state index contributed by atoms with van der Waals surface area (Å²) in [6.45, 7) is 3.98. The molecular formula is C12H18N2O2S.